The van der Waals surface area contributed by atoms with E-state index in [1.54, 1.807) is 10.4 Å². The Morgan fingerprint density at radius 1 is 0.977 bits per heavy atom. The highest BCUT2D eigenvalue weighted by Gasteiger charge is 2.34. The van der Waals surface area contributed by atoms with E-state index >= 15 is 0 Å². The molecule has 1 saturated carbocycles. The molecule has 1 unspecified atom stereocenters. The zero-order valence-electron chi connectivity index (χ0n) is 24.1. The van der Waals surface area contributed by atoms with Gasteiger partial charge < -0.3 is 10.0 Å². The van der Waals surface area contributed by atoms with Gasteiger partial charge in [-0.2, -0.15) is 9.03 Å². The second-order valence-electron chi connectivity index (χ2n) is 12.1. The highest BCUT2D eigenvalue weighted by atomic mass is 79.9. The van der Waals surface area contributed by atoms with Crippen molar-refractivity contribution in [3.05, 3.63) is 31.6 Å². The Balaban J connectivity index is 1.05. The molecule has 244 valence electrons. The minimum atomic E-state index is -4.03. The molecule has 2 aliphatic heterocycles. The van der Waals surface area contributed by atoms with E-state index < -0.39 is 32.1 Å². The Bertz CT molecular complexity index is 1540. The number of carboxylic acids is 1. The van der Waals surface area contributed by atoms with E-state index in [0.717, 1.165) is 82.2 Å². The molecule has 2 N–H and O–H groups in total. The summed E-state index contributed by atoms with van der Waals surface area (Å²) in [5, 5.41) is 9.47. The lowest BCUT2D eigenvalue weighted by Crippen LogP contribution is -2.41. The predicted molar refractivity (Wildman–Crippen MR) is 178 cm³/mol. The number of pyridine rings is 1. The number of halogens is 3. The second-order valence-corrected chi connectivity index (χ2v) is 19.3. The number of hydrogen-bond acceptors (Lipinski definition) is 8. The molecule has 0 aromatic carbocycles. The Morgan fingerprint density at radius 2 is 1.59 bits per heavy atom. The van der Waals surface area contributed by atoms with Gasteiger partial charge in [0.15, 0.2) is 0 Å². The molecule has 16 heteroatoms. The first-order valence-electron chi connectivity index (χ1n) is 14.9. The van der Waals surface area contributed by atoms with E-state index in [1.807, 2.05) is 0 Å². The molecular formula is C28H37Br2ClN4O6S3. The number of rotatable bonds is 13. The molecule has 0 amide bonds. The van der Waals surface area contributed by atoms with Gasteiger partial charge in [0.05, 0.1) is 4.47 Å². The number of thiophene rings is 1. The molecule has 1 atom stereocenters. The summed E-state index contributed by atoms with van der Waals surface area (Å²) in [5.74, 6) is 0.922. The lowest BCUT2D eigenvalue weighted by molar-refractivity contribution is -0.139. The van der Waals surface area contributed by atoms with Crippen LogP contribution in [0, 0.1) is 17.8 Å². The van der Waals surface area contributed by atoms with Crippen LogP contribution >= 0.6 is 54.8 Å². The normalized spacial score (nSPS) is 20.2. The number of aromatic nitrogens is 1. The fourth-order valence-corrected chi connectivity index (χ4v) is 11.9. The minimum absolute atomic E-state index is 0.0579. The van der Waals surface area contributed by atoms with E-state index in [4.69, 9.17) is 11.6 Å². The molecule has 0 bridgehead atoms. The Kier molecular flexibility index (Phi) is 11.4. The van der Waals surface area contributed by atoms with E-state index in [2.05, 4.69) is 46.5 Å². The number of aliphatic carboxylic acids is 1. The van der Waals surface area contributed by atoms with Crippen LogP contribution in [0.25, 0.3) is 0 Å². The maximum absolute atomic E-state index is 13.0. The van der Waals surface area contributed by atoms with E-state index in [9.17, 15) is 26.7 Å². The van der Waals surface area contributed by atoms with Crippen LogP contribution in [0.5, 0.6) is 0 Å². The summed E-state index contributed by atoms with van der Waals surface area (Å²) in [7, 11) is -7.53. The van der Waals surface area contributed by atoms with Crippen LogP contribution in [0.4, 0.5) is 5.82 Å². The molecule has 0 radical (unpaired) electrons. The van der Waals surface area contributed by atoms with E-state index in [-0.39, 0.29) is 15.0 Å². The number of sulfonamides is 2. The van der Waals surface area contributed by atoms with Crippen molar-refractivity contribution in [2.45, 2.75) is 79.4 Å². The van der Waals surface area contributed by atoms with Crippen molar-refractivity contribution in [3.63, 3.8) is 0 Å². The number of piperidine rings is 2. The van der Waals surface area contributed by atoms with E-state index in [1.165, 1.54) is 12.3 Å². The van der Waals surface area contributed by atoms with Crippen molar-refractivity contribution in [1.82, 2.24) is 14.0 Å². The molecular weight excluding hydrogens is 780 g/mol. The maximum Gasteiger partial charge on any atom is 0.321 e. The van der Waals surface area contributed by atoms with Gasteiger partial charge in [0.2, 0.25) is 10.0 Å². The van der Waals surface area contributed by atoms with Crippen molar-refractivity contribution in [2.24, 2.45) is 17.8 Å². The van der Waals surface area contributed by atoms with Gasteiger partial charge in [0.25, 0.3) is 10.0 Å². The first kappa shape index (κ1) is 34.5. The van der Waals surface area contributed by atoms with Gasteiger partial charge >= 0.3 is 5.97 Å². The molecule has 2 aromatic rings. The number of hydrogen-bond donors (Lipinski definition) is 2. The molecule has 5 rings (SSSR count). The first-order chi connectivity index (χ1) is 20.8. The summed E-state index contributed by atoms with van der Waals surface area (Å²) >= 11 is 13.9. The van der Waals surface area contributed by atoms with Gasteiger partial charge in [-0.25, -0.2) is 21.8 Å². The van der Waals surface area contributed by atoms with Crippen LogP contribution in [0.2, 0.25) is 4.34 Å². The summed E-state index contributed by atoms with van der Waals surface area (Å²) < 4.78 is 57.6. The fourth-order valence-electron chi connectivity index (χ4n) is 6.08. The molecule has 44 heavy (non-hydrogen) atoms. The van der Waals surface area contributed by atoms with Crippen molar-refractivity contribution in [2.75, 3.05) is 31.1 Å². The Hall–Kier alpha value is -0.810. The third kappa shape index (κ3) is 8.55. The molecule has 0 spiro atoms. The summed E-state index contributed by atoms with van der Waals surface area (Å²) in [5.41, 5.74) is 0. The predicted octanol–water partition coefficient (Wildman–Crippen LogP) is 6.34. The van der Waals surface area contributed by atoms with Gasteiger partial charge in [-0.05, 0) is 93.9 Å². The van der Waals surface area contributed by atoms with Crippen LogP contribution in [0.3, 0.4) is 0 Å². The average molecular weight is 817 g/mol. The number of nitrogens with one attached hydrogen (secondary N) is 1. The molecule has 10 nitrogen and oxygen atoms in total. The molecule has 2 aromatic heterocycles. The maximum atomic E-state index is 13.0. The molecule has 2 saturated heterocycles. The smallest absolute Gasteiger partial charge is 0.321 e. The first-order valence-corrected chi connectivity index (χ1v) is 20.6. The number of anilines is 1. The van der Waals surface area contributed by atoms with Gasteiger partial charge in [-0.3, -0.25) is 4.79 Å². The van der Waals surface area contributed by atoms with Gasteiger partial charge in [0, 0.05) is 36.8 Å². The SMILES string of the molecule is O=C(O)C(CC1CC1)NS(=O)(=O)c1cnc(N2CCC(CCCC3CCN(S(=O)(=O)c4cc(Br)c(Cl)s4)CC3)CC2)c(Br)c1. The zero-order valence-corrected chi connectivity index (χ0v) is 30.5. The van der Waals surface area contributed by atoms with E-state index in [0.29, 0.717) is 50.4 Å². The van der Waals surface area contributed by atoms with Crippen molar-refractivity contribution in [3.8, 4) is 0 Å². The topological polar surface area (TPSA) is 137 Å². The van der Waals surface area contributed by atoms with Crippen molar-refractivity contribution >= 4 is 86.6 Å². The van der Waals surface area contributed by atoms with Crippen LogP contribution in [-0.4, -0.2) is 69.4 Å². The lowest BCUT2D eigenvalue weighted by atomic mass is 9.87. The second kappa shape index (κ2) is 14.5. The molecule has 4 heterocycles. The summed E-state index contributed by atoms with van der Waals surface area (Å²) in [6.07, 6.45) is 10.6. The summed E-state index contributed by atoms with van der Waals surface area (Å²) in [6, 6.07) is 1.94. The number of carboxylic acid groups (broad SMARTS) is 1. The van der Waals surface area contributed by atoms with Crippen LogP contribution < -0.4 is 9.62 Å². The molecule has 1 aliphatic carbocycles. The number of carbonyl (C=O) groups is 1. The molecule has 3 aliphatic rings. The third-order valence-corrected chi connectivity index (χ3v) is 15.7. The van der Waals surface area contributed by atoms with Crippen molar-refractivity contribution in [1.29, 1.82) is 0 Å². The lowest BCUT2D eigenvalue weighted by Gasteiger charge is -2.34. The van der Waals surface area contributed by atoms with Crippen LogP contribution in [-0.2, 0) is 24.8 Å². The standard InChI is InChI=1S/C28H37Br2ClN4O6S3/c29-22-16-25(42-26(22)31)44(40,41)35-12-8-19(9-13-35)3-1-2-18-6-10-34(11-7-18)27-23(30)15-21(17-32-27)43(38,39)33-24(28(36)37)14-20-4-5-20/h15-20,24,33H,1-14H2,(H,36,37). The van der Waals surface area contributed by atoms with Crippen molar-refractivity contribution < 1.29 is 26.7 Å². The minimum Gasteiger partial charge on any atom is -0.480 e. The quantitative estimate of drug-likeness (QED) is 0.239. The van der Waals surface area contributed by atoms with Gasteiger partial charge in [0.1, 0.15) is 25.3 Å². The largest absolute Gasteiger partial charge is 0.480 e. The fraction of sp³-hybridized carbons (Fsp3) is 0.643. The highest BCUT2D eigenvalue weighted by Crippen LogP contribution is 2.38. The van der Waals surface area contributed by atoms with Crippen LogP contribution in [0.15, 0.2) is 36.4 Å². The third-order valence-electron chi connectivity index (χ3n) is 8.90. The monoisotopic (exact) mass is 814 g/mol. The average Bonchev–Trinajstić information content (AvgIpc) is 3.74. The zero-order chi connectivity index (χ0) is 31.6. The van der Waals surface area contributed by atoms with Gasteiger partial charge in [-0.15, -0.1) is 11.3 Å². The molecule has 3 fully saturated rings. The Morgan fingerprint density at radius 3 is 2.11 bits per heavy atom. The van der Waals surface area contributed by atoms with Gasteiger partial charge in [-0.1, -0.05) is 43.7 Å². The number of nitrogens with zero attached hydrogens (tertiary/aromatic N) is 3. The Labute approximate surface area is 285 Å². The van der Waals surface area contributed by atoms with Crippen LogP contribution in [0.1, 0.15) is 64.2 Å². The summed E-state index contributed by atoms with van der Waals surface area (Å²) in [4.78, 5) is 18.1. The highest BCUT2D eigenvalue weighted by molar-refractivity contribution is 9.11. The summed E-state index contributed by atoms with van der Waals surface area (Å²) in [6.45, 7) is 2.72.